The van der Waals surface area contributed by atoms with Gasteiger partial charge in [-0.3, -0.25) is 14.5 Å². The fourth-order valence-corrected chi connectivity index (χ4v) is 4.40. The molecule has 3 rings (SSSR count). The molecule has 0 bridgehead atoms. The summed E-state index contributed by atoms with van der Waals surface area (Å²) in [5.74, 6) is -2.19. The Hall–Kier alpha value is -2.41. The van der Waals surface area contributed by atoms with Crippen LogP contribution in [0.25, 0.3) is 0 Å². The molecule has 0 unspecified atom stereocenters. The van der Waals surface area contributed by atoms with E-state index in [0.29, 0.717) is 5.56 Å². The highest BCUT2D eigenvalue weighted by molar-refractivity contribution is 6.03. The number of hydrogen-bond acceptors (Lipinski definition) is 6. The zero-order chi connectivity index (χ0) is 24.1. The van der Waals surface area contributed by atoms with Crippen molar-refractivity contribution in [1.29, 1.82) is 0 Å². The van der Waals surface area contributed by atoms with Crippen LogP contribution in [0.3, 0.4) is 0 Å². The van der Waals surface area contributed by atoms with Gasteiger partial charge in [-0.05, 0) is 55.4 Å². The van der Waals surface area contributed by atoms with Crippen molar-refractivity contribution >= 4 is 17.8 Å². The second kappa shape index (κ2) is 8.18. The Morgan fingerprint density at radius 1 is 0.938 bits per heavy atom. The van der Waals surface area contributed by atoms with Gasteiger partial charge < -0.3 is 14.2 Å². The minimum atomic E-state index is -0.922. The highest BCUT2D eigenvalue weighted by Gasteiger charge is 2.67. The first-order chi connectivity index (χ1) is 14.6. The monoisotopic (exact) mass is 445 g/mol. The number of carbonyl (C=O) groups excluding carboxylic acids is 3. The molecular weight excluding hydrogens is 410 g/mol. The number of Topliss-reactive ketones (excluding diaryl/α,β-unsaturated/α-hetero) is 1. The Labute approximate surface area is 190 Å². The van der Waals surface area contributed by atoms with E-state index in [0.717, 1.165) is 0 Å². The molecule has 1 heterocycles. The molecule has 7 nitrogen and oxygen atoms in total. The molecule has 1 aliphatic carbocycles. The first kappa shape index (κ1) is 24.2. The Kier molecular flexibility index (Phi) is 6.19. The van der Waals surface area contributed by atoms with E-state index >= 15 is 0 Å². The third-order valence-electron chi connectivity index (χ3n) is 5.67. The standard InChI is InChI=1S/C25H35NO6/c1-23(2,3)31-21(28)19-17(18(19)20(27)15-12-10-9-11-13-15)16-14-30-25(7,8)26(16)22(29)32-24(4,5)6/h9-13,16-19H,14H2,1-8H3/t16-,17+,18+,19+/m0/s1. The molecule has 2 aliphatic rings. The van der Waals surface area contributed by atoms with Gasteiger partial charge in [0.2, 0.25) is 0 Å². The van der Waals surface area contributed by atoms with Gasteiger partial charge in [-0.25, -0.2) is 4.79 Å². The van der Waals surface area contributed by atoms with Gasteiger partial charge in [0, 0.05) is 17.4 Å². The number of nitrogens with zero attached hydrogens (tertiary/aromatic N) is 1. The molecule has 176 valence electrons. The van der Waals surface area contributed by atoms with Crippen LogP contribution in [0.4, 0.5) is 4.79 Å². The van der Waals surface area contributed by atoms with E-state index in [1.807, 2.05) is 6.07 Å². The lowest BCUT2D eigenvalue weighted by Crippen LogP contribution is -2.51. The molecule has 1 amide bonds. The maximum Gasteiger partial charge on any atom is 0.412 e. The van der Waals surface area contributed by atoms with Gasteiger partial charge in [0.15, 0.2) is 5.78 Å². The molecule has 1 saturated carbocycles. The molecule has 7 heteroatoms. The van der Waals surface area contributed by atoms with E-state index in [-0.39, 0.29) is 12.4 Å². The van der Waals surface area contributed by atoms with Gasteiger partial charge in [0.25, 0.3) is 0 Å². The van der Waals surface area contributed by atoms with E-state index in [4.69, 9.17) is 14.2 Å². The number of ether oxygens (including phenoxy) is 3. The topological polar surface area (TPSA) is 82.1 Å². The highest BCUT2D eigenvalue weighted by Crippen LogP contribution is 2.55. The number of amides is 1. The van der Waals surface area contributed by atoms with E-state index in [1.54, 1.807) is 84.6 Å². The zero-order valence-corrected chi connectivity index (χ0v) is 20.3. The molecule has 1 aromatic rings. The normalized spacial score (nSPS) is 27.1. The second-order valence-electron chi connectivity index (χ2n) is 11.1. The predicted molar refractivity (Wildman–Crippen MR) is 119 cm³/mol. The fraction of sp³-hybridized carbons (Fsp3) is 0.640. The minimum Gasteiger partial charge on any atom is -0.460 e. The molecule has 1 aromatic carbocycles. The maximum absolute atomic E-state index is 13.3. The van der Waals surface area contributed by atoms with Crippen molar-refractivity contribution in [2.75, 3.05) is 6.61 Å². The van der Waals surface area contributed by atoms with Crippen LogP contribution >= 0.6 is 0 Å². The molecule has 2 fully saturated rings. The van der Waals surface area contributed by atoms with Crippen LogP contribution in [0.15, 0.2) is 30.3 Å². The van der Waals surface area contributed by atoms with Crippen molar-refractivity contribution in [1.82, 2.24) is 4.90 Å². The first-order valence-electron chi connectivity index (χ1n) is 11.1. The van der Waals surface area contributed by atoms with E-state index in [1.165, 1.54) is 0 Å². The van der Waals surface area contributed by atoms with E-state index < -0.39 is 52.8 Å². The van der Waals surface area contributed by atoms with Gasteiger partial charge in [-0.15, -0.1) is 0 Å². The van der Waals surface area contributed by atoms with Crippen LogP contribution in [0.2, 0.25) is 0 Å². The van der Waals surface area contributed by atoms with Crippen LogP contribution in [-0.2, 0) is 19.0 Å². The minimum absolute atomic E-state index is 0.125. The molecule has 1 saturated heterocycles. The summed E-state index contributed by atoms with van der Waals surface area (Å²) in [6, 6.07) is 8.43. The van der Waals surface area contributed by atoms with Crippen molar-refractivity contribution in [3.05, 3.63) is 35.9 Å². The second-order valence-corrected chi connectivity index (χ2v) is 11.1. The summed E-state index contributed by atoms with van der Waals surface area (Å²) in [5, 5.41) is 0. The molecule has 0 spiro atoms. The molecule has 0 aromatic heterocycles. The largest absolute Gasteiger partial charge is 0.460 e. The Morgan fingerprint density at radius 2 is 1.50 bits per heavy atom. The van der Waals surface area contributed by atoms with Crippen molar-refractivity contribution < 1.29 is 28.6 Å². The number of esters is 1. The summed E-state index contributed by atoms with van der Waals surface area (Å²) >= 11 is 0. The molecule has 1 aliphatic heterocycles. The third-order valence-corrected chi connectivity index (χ3v) is 5.67. The van der Waals surface area contributed by atoms with Crippen LogP contribution < -0.4 is 0 Å². The maximum atomic E-state index is 13.3. The predicted octanol–water partition coefficient (Wildman–Crippen LogP) is 4.45. The van der Waals surface area contributed by atoms with Gasteiger partial charge in [-0.1, -0.05) is 30.3 Å². The smallest absolute Gasteiger partial charge is 0.412 e. The lowest BCUT2D eigenvalue weighted by Gasteiger charge is -2.35. The van der Waals surface area contributed by atoms with Crippen molar-refractivity contribution in [3.8, 4) is 0 Å². The fourth-order valence-electron chi connectivity index (χ4n) is 4.40. The first-order valence-corrected chi connectivity index (χ1v) is 11.1. The van der Waals surface area contributed by atoms with Gasteiger partial charge in [0.1, 0.15) is 16.9 Å². The summed E-state index contributed by atoms with van der Waals surface area (Å²) in [7, 11) is 0. The van der Waals surface area contributed by atoms with Crippen LogP contribution in [0.1, 0.15) is 65.7 Å². The molecule has 0 radical (unpaired) electrons. The molecule has 32 heavy (non-hydrogen) atoms. The Balaban J connectivity index is 1.93. The summed E-state index contributed by atoms with van der Waals surface area (Å²) in [6.07, 6.45) is -0.522. The van der Waals surface area contributed by atoms with Crippen molar-refractivity contribution in [2.24, 2.45) is 17.8 Å². The average Bonchev–Trinajstić information content (AvgIpc) is 3.29. The zero-order valence-electron chi connectivity index (χ0n) is 20.3. The summed E-state index contributed by atoms with van der Waals surface area (Å²) in [4.78, 5) is 41.0. The Morgan fingerprint density at radius 3 is 2.03 bits per heavy atom. The summed E-state index contributed by atoms with van der Waals surface area (Å²) in [6.45, 7) is 14.6. The van der Waals surface area contributed by atoms with Crippen molar-refractivity contribution in [3.63, 3.8) is 0 Å². The van der Waals surface area contributed by atoms with Gasteiger partial charge in [0.05, 0.1) is 18.6 Å². The number of rotatable bonds is 4. The van der Waals surface area contributed by atoms with E-state index in [9.17, 15) is 14.4 Å². The van der Waals surface area contributed by atoms with Gasteiger partial charge >= 0.3 is 12.1 Å². The summed E-state index contributed by atoms with van der Waals surface area (Å²) < 4.78 is 17.2. The average molecular weight is 446 g/mol. The molecule has 4 atom stereocenters. The number of carbonyl (C=O) groups is 3. The van der Waals surface area contributed by atoms with Crippen LogP contribution in [0, 0.1) is 17.8 Å². The third kappa shape index (κ3) is 5.14. The molecule has 0 N–H and O–H groups in total. The quantitative estimate of drug-likeness (QED) is 0.503. The molecular formula is C25H35NO6. The van der Waals surface area contributed by atoms with Crippen LogP contribution in [-0.4, -0.2) is 52.3 Å². The highest BCUT2D eigenvalue weighted by atomic mass is 16.6. The SMILES string of the molecule is CC(C)(C)OC(=O)[C@H]1[C@H](C(=O)c2ccccc2)[C@H]1[C@@H]1COC(C)(C)N1C(=O)OC(C)(C)C. The lowest BCUT2D eigenvalue weighted by molar-refractivity contribution is -0.157. The number of benzene rings is 1. The van der Waals surface area contributed by atoms with Gasteiger partial charge in [-0.2, -0.15) is 0 Å². The number of ketones is 1. The van der Waals surface area contributed by atoms with E-state index in [2.05, 4.69) is 0 Å². The van der Waals surface area contributed by atoms with Crippen LogP contribution in [0.5, 0.6) is 0 Å². The number of hydrogen-bond donors (Lipinski definition) is 0. The lowest BCUT2D eigenvalue weighted by atomic mass is 10.0. The summed E-state index contributed by atoms with van der Waals surface area (Å²) in [5.41, 5.74) is -1.75. The Bertz CT molecular complexity index is 880. The van der Waals surface area contributed by atoms with Crippen molar-refractivity contribution in [2.45, 2.75) is 78.4 Å².